The van der Waals surface area contributed by atoms with Gasteiger partial charge in [0.05, 0.1) is 5.70 Å². The van der Waals surface area contributed by atoms with Gasteiger partial charge in [0.1, 0.15) is 5.83 Å². The topological polar surface area (TPSA) is 26.0 Å². The standard InChI is InChI=1S/C12H17ClFN/c13-10-6-2-1-4-8(10)9-5-3-7-11(15)12(9)14/h7-8,10H,1-6,15H2. The Morgan fingerprint density at radius 3 is 2.80 bits per heavy atom. The summed E-state index contributed by atoms with van der Waals surface area (Å²) in [6.07, 6.45) is 7.77. The number of hydrogen-bond donors (Lipinski definition) is 1. The lowest BCUT2D eigenvalue weighted by Gasteiger charge is -2.31. The predicted molar refractivity (Wildman–Crippen MR) is 61.2 cm³/mol. The summed E-state index contributed by atoms with van der Waals surface area (Å²) in [6.45, 7) is 0. The minimum atomic E-state index is -0.196. The fraction of sp³-hybridized carbons (Fsp3) is 0.667. The summed E-state index contributed by atoms with van der Waals surface area (Å²) in [4.78, 5) is 0. The van der Waals surface area contributed by atoms with E-state index in [0.717, 1.165) is 37.7 Å². The quantitative estimate of drug-likeness (QED) is 0.683. The molecule has 0 amide bonds. The minimum absolute atomic E-state index is 0.102. The Morgan fingerprint density at radius 1 is 1.33 bits per heavy atom. The van der Waals surface area contributed by atoms with Gasteiger partial charge in [0, 0.05) is 5.38 Å². The lowest BCUT2D eigenvalue weighted by atomic mass is 9.79. The zero-order valence-corrected chi connectivity index (χ0v) is 9.56. The smallest absolute Gasteiger partial charge is 0.145 e. The molecule has 0 saturated heterocycles. The maximum atomic E-state index is 13.8. The first kappa shape index (κ1) is 11.0. The Bertz CT molecular complexity index is 309. The summed E-state index contributed by atoms with van der Waals surface area (Å²) in [6, 6.07) is 0. The van der Waals surface area contributed by atoms with Crippen molar-refractivity contribution >= 4 is 11.6 Å². The molecular formula is C12H17ClFN. The van der Waals surface area contributed by atoms with Crippen LogP contribution >= 0.6 is 11.6 Å². The van der Waals surface area contributed by atoms with Gasteiger partial charge in [-0.1, -0.05) is 18.9 Å². The van der Waals surface area contributed by atoms with E-state index in [9.17, 15) is 4.39 Å². The molecule has 0 aromatic carbocycles. The molecule has 0 heterocycles. The van der Waals surface area contributed by atoms with Gasteiger partial charge in [0.2, 0.25) is 0 Å². The Hall–Kier alpha value is -0.500. The van der Waals surface area contributed by atoms with Crippen LogP contribution in [0.3, 0.4) is 0 Å². The fourth-order valence-corrected chi connectivity index (χ4v) is 3.03. The van der Waals surface area contributed by atoms with E-state index in [4.69, 9.17) is 17.3 Å². The van der Waals surface area contributed by atoms with Crippen molar-refractivity contribution in [1.29, 1.82) is 0 Å². The van der Waals surface area contributed by atoms with E-state index in [1.54, 1.807) is 6.08 Å². The summed E-state index contributed by atoms with van der Waals surface area (Å²) in [5.74, 6) is 0.0199. The van der Waals surface area contributed by atoms with E-state index in [1.807, 2.05) is 0 Å². The van der Waals surface area contributed by atoms with Crippen molar-refractivity contribution < 1.29 is 4.39 Å². The number of allylic oxidation sites excluding steroid dienone is 3. The summed E-state index contributed by atoms with van der Waals surface area (Å²) >= 11 is 6.27. The molecule has 0 aromatic rings. The highest BCUT2D eigenvalue weighted by atomic mass is 35.5. The van der Waals surface area contributed by atoms with Crippen LogP contribution in [0.25, 0.3) is 0 Å². The number of halogens is 2. The minimum Gasteiger partial charge on any atom is -0.397 e. The van der Waals surface area contributed by atoms with E-state index >= 15 is 0 Å². The fourth-order valence-electron chi connectivity index (χ4n) is 2.59. The van der Waals surface area contributed by atoms with Crippen molar-refractivity contribution in [2.45, 2.75) is 43.9 Å². The monoisotopic (exact) mass is 229 g/mol. The van der Waals surface area contributed by atoms with Crippen molar-refractivity contribution in [2.75, 3.05) is 0 Å². The van der Waals surface area contributed by atoms with Crippen LogP contribution in [-0.4, -0.2) is 5.38 Å². The zero-order chi connectivity index (χ0) is 10.8. The largest absolute Gasteiger partial charge is 0.397 e. The molecule has 2 atom stereocenters. The predicted octanol–water partition coefficient (Wildman–Crippen LogP) is 3.64. The SMILES string of the molecule is NC1=CCCC(C2CCCCC2Cl)=C1F. The van der Waals surface area contributed by atoms with E-state index in [0.29, 0.717) is 5.70 Å². The molecule has 3 heteroatoms. The number of rotatable bonds is 1. The van der Waals surface area contributed by atoms with Crippen LogP contribution in [0, 0.1) is 5.92 Å². The van der Waals surface area contributed by atoms with Crippen molar-refractivity contribution in [3.05, 3.63) is 23.2 Å². The molecule has 1 nitrogen and oxygen atoms in total. The second-order valence-corrected chi connectivity index (χ2v) is 5.00. The maximum Gasteiger partial charge on any atom is 0.145 e. The van der Waals surface area contributed by atoms with Crippen molar-refractivity contribution in [1.82, 2.24) is 0 Å². The van der Waals surface area contributed by atoms with Crippen LogP contribution < -0.4 is 5.73 Å². The van der Waals surface area contributed by atoms with E-state index in [-0.39, 0.29) is 17.1 Å². The maximum absolute atomic E-state index is 13.8. The third-order valence-corrected chi connectivity index (χ3v) is 3.96. The molecule has 2 aliphatic carbocycles. The van der Waals surface area contributed by atoms with Crippen molar-refractivity contribution in [3.63, 3.8) is 0 Å². The molecule has 2 N–H and O–H groups in total. The third kappa shape index (κ3) is 2.20. The average Bonchev–Trinajstić information content (AvgIpc) is 2.23. The van der Waals surface area contributed by atoms with Gasteiger partial charge in [-0.05, 0) is 37.2 Å². The molecule has 0 bridgehead atoms. The van der Waals surface area contributed by atoms with Crippen LogP contribution in [0.1, 0.15) is 38.5 Å². The first-order valence-electron chi connectivity index (χ1n) is 5.68. The molecule has 2 rings (SSSR count). The highest BCUT2D eigenvalue weighted by Crippen LogP contribution is 2.39. The van der Waals surface area contributed by atoms with Crippen molar-refractivity contribution in [2.24, 2.45) is 11.7 Å². The lowest BCUT2D eigenvalue weighted by molar-refractivity contribution is 0.389. The molecule has 15 heavy (non-hydrogen) atoms. The lowest BCUT2D eigenvalue weighted by Crippen LogP contribution is -2.24. The van der Waals surface area contributed by atoms with Gasteiger partial charge in [-0.2, -0.15) is 0 Å². The van der Waals surface area contributed by atoms with E-state index < -0.39 is 0 Å². The Kier molecular flexibility index (Phi) is 3.35. The molecule has 0 aromatic heterocycles. The molecule has 2 aliphatic rings. The molecule has 0 radical (unpaired) electrons. The van der Waals surface area contributed by atoms with Gasteiger partial charge in [0.25, 0.3) is 0 Å². The summed E-state index contributed by atoms with van der Waals surface area (Å²) in [5.41, 5.74) is 6.79. The molecule has 0 aliphatic heterocycles. The molecule has 0 spiro atoms. The van der Waals surface area contributed by atoms with E-state index in [2.05, 4.69) is 0 Å². The summed E-state index contributed by atoms with van der Waals surface area (Å²) in [5, 5.41) is 0.102. The van der Waals surface area contributed by atoms with Crippen LogP contribution in [-0.2, 0) is 0 Å². The number of nitrogens with two attached hydrogens (primary N) is 1. The average molecular weight is 230 g/mol. The highest BCUT2D eigenvalue weighted by Gasteiger charge is 2.30. The second kappa shape index (κ2) is 4.56. The molecule has 2 unspecified atom stereocenters. The Balaban J connectivity index is 2.21. The van der Waals surface area contributed by atoms with Gasteiger partial charge < -0.3 is 5.73 Å². The van der Waals surface area contributed by atoms with Crippen LogP contribution in [0.5, 0.6) is 0 Å². The molecule has 1 saturated carbocycles. The van der Waals surface area contributed by atoms with Gasteiger partial charge in [-0.15, -0.1) is 11.6 Å². The molecule has 1 fully saturated rings. The van der Waals surface area contributed by atoms with Crippen LogP contribution in [0.4, 0.5) is 4.39 Å². The Morgan fingerprint density at radius 2 is 2.07 bits per heavy atom. The van der Waals surface area contributed by atoms with Gasteiger partial charge in [-0.3, -0.25) is 0 Å². The first-order chi connectivity index (χ1) is 7.20. The summed E-state index contributed by atoms with van der Waals surface area (Å²) < 4.78 is 13.8. The van der Waals surface area contributed by atoms with Gasteiger partial charge in [0.15, 0.2) is 0 Å². The summed E-state index contributed by atoms with van der Waals surface area (Å²) in [7, 11) is 0. The Labute approximate surface area is 95.2 Å². The van der Waals surface area contributed by atoms with Gasteiger partial charge in [-0.25, -0.2) is 4.39 Å². The van der Waals surface area contributed by atoms with E-state index in [1.165, 1.54) is 6.42 Å². The molecule has 84 valence electrons. The van der Waals surface area contributed by atoms with Crippen molar-refractivity contribution in [3.8, 4) is 0 Å². The normalized spacial score (nSPS) is 32.8. The molecular weight excluding hydrogens is 213 g/mol. The zero-order valence-electron chi connectivity index (χ0n) is 8.81. The second-order valence-electron chi connectivity index (χ2n) is 4.44. The van der Waals surface area contributed by atoms with Gasteiger partial charge >= 0.3 is 0 Å². The number of alkyl halides is 1. The van der Waals surface area contributed by atoms with Crippen LogP contribution in [0.15, 0.2) is 23.2 Å². The highest BCUT2D eigenvalue weighted by molar-refractivity contribution is 6.21. The van der Waals surface area contributed by atoms with Crippen LogP contribution in [0.2, 0.25) is 0 Å². The number of hydrogen-bond acceptors (Lipinski definition) is 1. The third-order valence-electron chi connectivity index (χ3n) is 3.44. The first-order valence-corrected chi connectivity index (χ1v) is 6.12.